The monoisotopic (exact) mass is 256 g/mol. The first-order valence-electron chi connectivity index (χ1n) is 4.72. The summed E-state index contributed by atoms with van der Waals surface area (Å²) in [4.78, 5) is 6.64. The number of morpholine rings is 1. The number of hydrogen-bond acceptors (Lipinski definition) is 3. The van der Waals surface area contributed by atoms with E-state index in [0.29, 0.717) is 0 Å². The molecule has 3 nitrogen and oxygen atoms in total. The predicted molar refractivity (Wildman–Crippen MR) is 59.7 cm³/mol. The summed E-state index contributed by atoms with van der Waals surface area (Å²) in [5.74, 6) is 0. The number of hydrogen-bond donors (Lipinski definition) is 0. The molecule has 1 saturated heterocycles. The Kier molecular flexibility index (Phi) is 3.03. The van der Waals surface area contributed by atoms with Gasteiger partial charge in [-0.15, -0.1) is 0 Å². The Morgan fingerprint density at radius 2 is 2.14 bits per heavy atom. The molecule has 0 N–H and O–H groups in total. The number of aromatic nitrogens is 1. The van der Waals surface area contributed by atoms with E-state index in [0.717, 1.165) is 36.5 Å². The second-order valence-corrected chi connectivity index (χ2v) is 4.27. The topological polar surface area (TPSA) is 25.4 Å². The van der Waals surface area contributed by atoms with Gasteiger partial charge < -0.3 is 9.64 Å². The van der Waals surface area contributed by atoms with Crippen molar-refractivity contribution in [3.05, 3.63) is 22.4 Å². The van der Waals surface area contributed by atoms with Crippen molar-refractivity contribution in [2.24, 2.45) is 0 Å². The molecular weight excluding hydrogens is 244 g/mol. The Bertz CT molecular complexity index is 324. The van der Waals surface area contributed by atoms with E-state index in [1.165, 1.54) is 5.69 Å². The fraction of sp³-hybridized carbons (Fsp3) is 0.500. The van der Waals surface area contributed by atoms with Crippen LogP contribution in [0.2, 0.25) is 0 Å². The molecule has 2 rings (SSSR count). The van der Waals surface area contributed by atoms with Crippen molar-refractivity contribution in [1.82, 2.24) is 4.98 Å². The van der Waals surface area contributed by atoms with Gasteiger partial charge in [-0.1, -0.05) is 0 Å². The maximum atomic E-state index is 5.32. The van der Waals surface area contributed by atoms with E-state index in [1.807, 2.05) is 13.1 Å². The Morgan fingerprint density at radius 3 is 2.86 bits per heavy atom. The molecule has 0 radical (unpaired) electrons. The van der Waals surface area contributed by atoms with Gasteiger partial charge >= 0.3 is 0 Å². The number of aryl methyl sites for hydroxylation is 1. The van der Waals surface area contributed by atoms with E-state index in [-0.39, 0.29) is 0 Å². The van der Waals surface area contributed by atoms with Crippen LogP contribution in [0.3, 0.4) is 0 Å². The third kappa shape index (κ3) is 2.07. The van der Waals surface area contributed by atoms with Crippen LogP contribution < -0.4 is 4.90 Å². The molecular formula is C10H13BrN2O. The number of anilines is 1. The molecule has 0 aliphatic carbocycles. The molecule has 4 heteroatoms. The lowest BCUT2D eigenvalue weighted by atomic mass is 10.2. The highest BCUT2D eigenvalue weighted by molar-refractivity contribution is 9.10. The summed E-state index contributed by atoms with van der Waals surface area (Å²) >= 11 is 3.44. The summed E-state index contributed by atoms with van der Waals surface area (Å²) in [6.45, 7) is 5.58. The van der Waals surface area contributed by atoms with Crippen LogP contribution in [0.4, 0.5) is 5.69 Å². The maximum Gasteiger partial charge on any atom is 0.0642 e. The lowest BCUT2D eigenvalue weighted by Gasteiger charge is -2.29. The van der Waals surface area contributed by atoms with Crippen LogP contribution in [-0.2, 0) is 4.74 Å². The molecule has 1 aliphatic rings. The number of ether oxygens (including phenoxy) is 1. The highest BCUT2D eigenvalue weighted by atomic mass is 79.9. The minimum atomic E-state index is 0.811. The third-order valence-corrected chi connectivity index (χ3v) is 2.81. The van der Waals surface area contributed by atoms with Gasteiger partial charge in [0.25, 0.3) is 0 Å². The van der Waals surface area contributed by atoms with Crippen LogP contribution in [-0.4, -0.2) is 31.3 Å². The number of pyridine rings is 1. The molecule has 1 aromatic rings. The van der Waals surface area contributed by atoms with Gasteiger partial charge in [0.2, 0.25) is 0 Å². The van der Waals surface area contributed by atoms with E-state index < -0.39 is 0 Å². The van der Waals surface area contributed by atoms with Crippen LogP contribution in [0.25, 0.3) is 0 Å². The highest BCUT2D eigenvalue weighted by Crippen LogP contribution is 2.23. The number of nitrogens with zero attached hydrogens (tertiary/aromatic N) is 2. The van der Waals surface area contributed by atoms with Gasteiger partial charge in [0, 0.05) is 23.8 Å². The van der Waals surface area contributed by atoms with Crippen molar-refractivity contribution in [2.75, 3.05) is 31.2 Å². The van der Waals surface area contributed by atoms with E-state index in [4.69, 9.17) is 4.74 Å². The fourth-order valence-corrected chi connectivity index (χ4v) is 1.94. The normalized spacial score (nSPS) is 17.1. The molecule has 2 heterocycles. The minimum Gasteiger partial charge on any atom is -0.378 e. The van der Waals surface area contributed by atoms with Gasteiger partial charge in [0.1, 0.15) is 0 Å². The standard InChI is InChI=1S/C10H13BrN2O/c1-8-10(6-9(11)7-12-8)13-2-4-14-5-3-13/h6-7H,2-5H2,1H3. The van der Waals surface area contributed by atoms with Crippen molar-refractivity contribution < 1.29 is 4.74 Å². The SMILES string of the molecule is Cc1ncc(Br)cc1N1CCOCC1. The highest BCUT2D eigenvalue weighted by Gasteiger charge is 2.13. The fourth-order valence-electron chi connectivity index (χ4n) is 1.62. The first kappa shape index (κ1) is 9.93. The maximum absolute atomic E-state index is 5.32. The summed E-state index contributed by atoms with van der Waals surface area (Å²) in [5, 5.41) is 0. The zero-order valence-electron chi connectivity index (χ0n) is 8.16. The second-order valence-electron chi connectivity index (χ2n) is 3.36. The molecule has 0 spiro atoms. The predicted octanol–water partition coefficient (Wildman–Crippen LogP) is 1.99. The molecule has 0 aromatic carbocycles. The van der Waals surface area contributed by atoms with Crippen molar-refractivity contribution >= 4 is 21.6 Å². The van der Waals surface area contributed by atoms with E-state index >= 15 is 0 Å². The van der Waals surface area contributed by atoms with Crippen LogP contribution in [0, 0.1) is 6.92 Å². The lowest BCUT2D eigenvalue weighted by molar-refractivity contribution is 0.122. The summed E-state index contributed by atoms with van der Waals surface area (Å²) in [7, 11) is 0. The molecule has 76 valence electrons. The lowest BCUT2D eigenvalue weighted by Crippen LogP contribution is -2.36. The average molecular weight is 257 g/mol. The summed E-state index contributed by atoms with van der Waals surface area (Å²) in [5.41, 5.74) is 2.29. The zero-order valence-corrected chi connectivity index (χ0v) is 9.75. The van der Waals surface area contributed by atoms with Gasteiger partial charge in [-0.3, -0.25) is 4.98 Å². The molecule has 0 saturated carbocycles. The van der Waals surface area contributed by atoms with Crippen molar-refractivity contribution in [2.45, 2.75) is 6.92 Å². The second kappa shape index (κ2) is 4.28. The van der Waals surface area contributed by atoms with Crippen LogP contribution in [0.5, 0.6) is 0 Å². The smallest absolute Gasteiger partial charge is 0.0642 e. The van der Waals surface area contributed by atoms with Gasteiger partial charge in [0.05, 0.1) is 24.6 Å². The quantitative estimate of drug-likeness (QED) is 0.769. The third-order valence-electron chi connectivity index (χ3n) is 2.38. The summed E-state index contributed by atoms with van der Waals surface area (Å²) < 4.78 is 6.35. The van der Waals surface area contributed by atoms with Gasteiger partial charge in [-0.05, 0) is 28.9 Å². The van der Waals surface area contributed by atoms with Crippen molar-refractivity contribution in [1.29, 1.82) is 0 Å². The Hall–Kier alpha value is -0.610. The average Bonchev–Trinajstić information content (AvgIpc) is 2.23. The number of halogens is 1. The van der Waals surface area contributed by atoms with Crippen LogP contribution in [0.15, 0.2) is 16.7 Å². The van der Waals surface area contributed by atoms with Crippen LogP contribution in [0.1, 0.15) is 5.69 Å². The molecule has 0 unspecified atom stereocenters. The molecule has 1 aliphatic heterocycles. The summed E-state index contributed by atoms with van der Waals surface area (Å²) in [6, 6.07) is 2.12. The van der Waals surface area contributed by atoms with Gasteiger partial charge in [-0.2, -0.15) is 0 Å². The van der Waals surface area contributed by atoms with E-state index in [1.54, 1.807) is 0 Å². The number of rotatable bonds is 1. The van der Waals surface area contributed by atoms with Crippen LogP contribution >= 0.6 is 15.9 Å². The first-order chi connectivity index (χ1) is 6.77. The first-order valence-corrected chi connectivity index (χ1v) is 5.51. The molecule has 1 aromatic heterocycles. The van der Waals surface area contributed by atoms with E-state index in [9.17, 15) is 0 Å². The van der Waals surface area contributed by atoms with Crippen molar-refractivity contribution in [3.8, 4) is 0 Å². The van der Waals surface area contributed by atoms with Gasteiger partial charge in [0.15, 0.2) is 0 Å². The minimum absolute atomic E-state index is 0.811. The molecule has 0 atom stereocenters. The zero-order chi connectivity index (χ0) is 9.97. The van der Waals surface area contributed by atoms with E-state index in [2.05, 4.69) is 31.9 Å². The summed E-state index contributed by atoms with van der Waals surface area (Å²) in [6.07, 6.45) is 1.83. The Morgan fingerprint density at radius 1 is 1.43 bits per heavy atom. The molecule has 0 amide bonds. The van der Waals surface area contributed by atoms with Crippen molar-refractivity contribution in [3.63, 3.8) is 0 Å². The molecule has 1 fully saturated rings. The van der Waals surface area contributed by atoms with Gasteiger partial charge in [-0.25, -0.2) is 0 Å². The molecule has 14 heavy (non-hydrogen) atoms. The Labute approximate surface area is 92.2 Å². The molecule has 0 bridgehead atoms. The largest absolute Gasteiger partial charge is 0.378 e. The Balaban J connectivity index is 2.24.